The largest absolute Gasteiger partial charge is 0.325 e. The highest BCUT2D eigenvalue weighted by atomic mass is 16.2. The Morgan fingerprint density at radius 1 is 1.00 bits per heavy atom. The molecule has 4 amide bonds. The molecule has 1 saturated heterocycles. The predicted molar refractivity (Wildman–Crippen MR) is 111 cm³/mol. The van der Waals surface area contributed by atoms with Crippen molar-refractivity contribution < 1.29 is 14.4 Å². The van der Waals surface area contributed by atoms with Gasteiger partial charge < -0.3 is 10.6 Å². The van der Waals surface area contributed by atoms with Crippen molar-refractivity contribution in [3.63, 3.8) is 0 Å². The summed E-state index contributed by atoms with van der Waals surface area (Å²) in [5.74, 6) is -0.872. The van der Waals surface area contributed by atoms with Gasteiger partial charge in [-0.3, -0.25) is 14.5 Å². The predicted octanol–water partition coefficient (Wildman–Crippen LogP) is 3.55. The molecule has 0 spiro atoms. The molecule has 6 nitrogen and oxygen atoms in total. The second-order valence-corrected chi connectivity index (χ2v) is 7.37. The number of carbonyl (C=O) groups excluding carboxylic acids is 3. The lowest BCUT2D eigenvalue weighted by Gasteiger charge is -2.22. The first-order chi connectivity index (χ1) is 13.9. The number of imide groups is 1. The normalized spacial score (nSPS) is 18.8. The number of benzene rings is 3. The van der Waals surface area contributed by atoms with Gasteiger partial charge in [-0.1, -0.05) is 54.6 Å². The average Bonchev–Trinajstić information content (AvgIpc) is 2.93. The fourth-order valence-electron chi connectivity index (χ4n) is 3.58. The standard InChI is InChI=1S/C23H21N3O3/c1-15-7-3-6-10-19(15)24-20(27)14-26-21(28)23(2,25-22(26)29)18-12-11-16-8-4-5-9-17(16)13-18/h3-13H,14H2,1-2H3,(H,24,27)(H,25,29). The minimum absolute atomic E-state index is 0.345. The second kappa shape index (κ2) is 7.05. The number of nitrogens with one attached hydrogen (secondary N) is 2. The van der Waals surface area contributed by atoms with Crippen molar-refractivity contribution in [1.29, 1.82) is 0 Å². The van der Waals surface area contributed by atoms with E-state index in [4.69, 9.17) is 0 Å². The summed E-state index contributed by atoms with van der Waals surface area (Å²) in [5, 5.41) is 7.53. The Morgan fingerprint density at radius 3 is 2.45 bits per heavy atom. The SMILES string of the molecule is Cc1ccccc1NC(=O)CN1C(=O)NC(C)(c2ccc3ccccc3c2)C1=O. The first kappa shape index (κ1) is 18.7. The molecule has 0 bridgehead atoms. The zero-order valence-corrected chi connectivity index (χ0v) is 16.2. The number of para-hydroxylation sites is 1. The molecule has 6 heteroatoms. The van der Waals surface area contributed by atoms with Crippen LogP contribution in [0.5, 0.6) is 0 Å². The Morgan fingerprint density at radius 2 is 1.69 bits per heavy atom. The average molecular weight is 387 g/mol. The van der Waals surface area contributed by atoms with Gasteiger partial charge in [0.15, 0.2) is 0 Å². The lowest BCUT2D eigenvalue weighted by atomic mass is 9.90. The molecule has 0 aliphatic carbocycles. The van der Waals surface area contributed by atoms with Crippen molar-refractivity contribution in [2.75, 3.05) is 11.9 Å². The van der Waals surface area contributed by atoms with E-state index < -0.39 is 23.4 Å². The summed E-state index contributed by atoms with van der Waals surface area (Å²) in [4.78, 5) is 39.0. The van der Waals surface area contributed by atoms with Crippen molar-refractivity contribution in [3.05, 3.63) is 77.9 Å². The quantitative estimate of drug-likeness (QED) is 0.672. The van der Waals surface area contributed by atoms with E-state index in [2.05, 4.69) is 10.6 Å². The summed E-state index contributed by atoms with van der Waals surface area (Å²) in [6, 6.07) is 20.2. The molecule has 1 aliphatic heterocycles. The number of urea groups is 1. The van der Waals surface area contributed by atoms with Crippen LogP contribution in [0.25, 0.3) is 10.8 Å². The molecule has 2 N–H and O–H groups in total. The Balaban J connectivity index is 1.56. The topological polar surface area (TPSA) is 78.5 Å². The highest BCUT2D eigenvalue weighted by Gasteiger charge is 2.49. The van der Waals surface area contributed by atoms with Gasteiger partial charge >= 0.3 is 6.03 Å². The van der Waals surface area contributed by atoms with E-state index in [0.717, 1.165) is 21.2 Å². The van der Waals surface area contributed by atoms with E-state index in [0.29, 0.717) is 11.3 Å². The van der Waals surface area contributed by atoms with Crippen molar-refractivity contribution in [3.8, 4) is 0 Å². The van der Waals surface area contributed by atoms with E-state index >= 15 is 0 Å². The number of hydrogen-bond donors (Lipinski definition) is 2. The molecule has 1 heterocycles. The molecular weight excluding hydrogens is 366 g/mol. The van der Waals surface area contributed by atoms with Crippen molar-refractivity contribution in [2.24, 2.45) is 0 Å². The van der Waals surface area contributed by atoms with E-state index in [-0.39, 0.29) is 6.54 Å². The smallest absolute Gasteiger partial charge is 0.324 e. The van der Waals surface area contributed by atoms with Gasteiger partial charge in [0.1, 0.15) is 12.1 Å². The third-order valence-corrected chi connectivity index (χ3v) is 5.32. The molecule has 29 heavy (non-hydrogen) atoms. The molecule has 3 aromatic carbocycles. The summed E-state index contributed by atoms with van der Waals surface area (Å²) in [5.41, 5.74) is 1.02. The first-order valence-electron chi connectivity index (χ1n) is 9.37. The maximum absolute atomic E-state index is 13.1. The van der Waals surface area contributed by atoms with Crippen LogP contribution in [-0.4, -0.2) is 29.3 Å². The number of aryl methyl sites for hydroxylation is 1. The first-order valence-corrected chi connectivity index (χ1v) is 9.37. The highest BCUT2D eigenvalue weighted by Crippen LogP contribution is 2.31. The van der Waals surface area contributed by atoms with Gasteiger partial charge in [-0.15, -0.1) is 0 Å². The molecule has 0 aromatic heterocycles. The van der Waals surface area contributed by atoms with Crippen molar-refractivity contribution in [2.45, 2.75) is 19.4 Å². The second-order valence-electron chi connectivity index (χ2n) is 7.37. The number of amides is 4. The summed E-state index contributed by atoms with van der Waals surface area (Å²) < 4.78 is 0. The summed E-state index contributed by atoms with van der Waals surface area (Å²) >= 11 is 0. The van der Waals surface area contributed by atoms with Crippen LogP contribution >= 0.6 is 0 Å². The zero-order chi connectivity index (χ0) is 20.6. The molecule has 1 unspecified atom stereocenters. The fourth-order valence-corrected chi connectivity index (χ4v) is 3.58. The van der Waals surface area contributed by atoms with Gasteiger partial charge in [-0.25, -0.2) is 4.79 Å². The van der Waals surface area contributed by atoms with Gasteiger partial charge in [0.25, 0.3) is 5.91 Å². The molecule has 1 fully saturated rings. The van der Waals surface area contributed by atoms with Crippen LogP contribution in [0.3, 0.4) is 0 Å². The van der Waals surface area contributed by atoms with Crippen LogP contribution in [0, 0.1) is 6.92 Å². The van der Waals surface area contributed by atoms with Crippen molar-refractivity contribution in [1.82, 2.24) is 10.2 Å². The Hall–Kier alpha value is -3.67. The molecule has 1 aliphatic rings. The molecule has 146 valence electrons. The van der Waals surface area contributed by atoms with Crippen LogP contribution in [0.2, 0.25) is 0 Å². The zero-order valence-electron chi connectivity index (χ0n) is 16.2. The Bertz CT molecular complexity index is 1140. The maximum Gasteiger partial charge on any atom is 0.325 e. The molecule has 1 atom stereocenters. The monoisotopic (exact) mass is 387 g/mol. The lowest BCUT2D eigenvalue weighted by Crippen LogP contribution is -2.42. The van der Waals surface area contributed by atoms with Crippen LogP contribution in [0.1, 0.15) is 18.1 Å². The number of nitrogens with zero attached hydrogens (tertiary/aromatic N) is 1. The summed E-state index contributed by atoms with van der Waals surface area (Å²) in [6.07, 6.45) is 0. The maximum atomic E-state index is 13.1. The van der Waals surface area contributed by atoms with Gasteiger partial charge in [0.2, 0.25) is 5.91 Å². The highest BCUT2D eigenvalue weighted by molar-refractivity contribution is 6.10. The van der Waals surface area contributed by atoms with Gasteiger partial charge in [0, 0.05) is 5.69 Å². The molecule has 0 radical (unpaired) electrons. The molecular formula is C23H21N3O3. The van der Waals surface area contributed by atoms with Crippen LogP contribution in [0.4, 0.5) is 10.5 Å². The van der Waals surface area contributed by atoms with Crippen LogP contribution < -0.4 is 10.6 Å². The minimum Gasteiger partial charge on any atom is -0.324 e. The van der Waals surface area contributed by atoms with Crippen molar-refractivity contribution >= 4 is 34.3 Å². The number of anilines is 1. The molecule has 4 rings (SSSR count). The number of carbonyl (C=O) groups is 3. The number of hydrogen-bond acceptors (Lipinski definition) is 3. The van der Waals surface area contributed by atoms with Gasteiger partial charge in [-0.2, -0.15) is 0 Å². The van der Waals surface area contributed by atoms with Crippen LogP contribution in [0.15, 0.2) is 66.7 Å². The summed E-state index contributed by atoms with van der Waals surface area (Å²) in [7, 11) is 0. The fraction of sp³-hybridized carbons (Fsp3) is 0.174. The van der Waals surface area contributed by atoms with E-state index in [1.54, 1.807) is 13.0 Å². The third-order valence-electron chi connectivity index (χ3n) is 5.32. The number of rotatable bonds is 4. The third kappa shape index (κ3) is 3.33. The van der Waals surface area contributed by atoms with E-state index in [1.165, 1.54) is 0 Å². The van der Waals surface area contributed by atoms with E-state index in [1.807, 2.05) is 67.6 Å². The van der Waals surface area contributed by atoms with E-state index in [9.17, 15) is 14.4 Å². The molecule has 3 aromatic rings. The van der Waals surface area contributed by atoms with Crippen LogP contribution in [-0.2, 0) is 15.1 Å². The Labute approximate surface area is 168 Å². The summed E-state index contributed by atoms with van der Waals surface area (Å²) in [6.45, 7) is 3.19. The Kier molecular flexibility index (Phi) is 4.54. The van der Waals surface area contributed by atoms with Gasteiger partial charge in [0.05, 0.1) is 0 Å². The minimum atomic E-state index is -1.22. The molecule has 0 saturated carbocycles. The van der Waals surface area contributed by atoms with Gasteiger partial charge in [-0.05, 0) is 47.9 Å². The lowest BCUT2D eigenvalue weighted by molar-refractivity contribution is -0.133. The number of fused-ring (bicyclic) bond motifs is 1.